The van der Waals surface area contributed by atoms with Crippen LogP contribution in [0.15, 0.2) is 18.2 Å². The highest BCUT2D eigenvalue weighted by molar-refractivity contribution is 6.06. The number of anilines is 1. The van der Waals surface area contributed by atoms with E-state index in [1.54, 1.807) is 23.1 Å². The zero-order valence-corrected chi connectivity index (χ0v) is 25.1. The lowest BCUT2D eigenvalue weighted by Crippen LogP contribution is -2.52. The van der Waals surface area contributed by atoms with Crippen molar-refractivity contribution in [1.29, 1.82) is 0 Å². The van der Waals surface area contributed by atoms with E-state index in [1.165, 1.54) is 4.90 Å². The minimum atomic E-state index is -0.735. The average molecular weight is 586 g/mol. The quantitative estimate of drug-likeness (QED) is 0.315. The van der Waals surface area contributed by atoms with Gasteiger partial charge in [0.1, 0.15) is 18.2 Å². The number of imide groups is 1. The lowest BCUT2D eigenvalue weighted by molar-refractivity contribution is -0.137. The Kier molecular flexibility index (Phi) is 10.2. The lowest BCUT2D eigenvalue weighted by Gasteiger charge is -2.33. The summed E-state index contributed by atoms with van der Waals surface area (Å²) < 4.78 is 11.2. The van der Waals surface area contributed by atoms with Gasteiger partial charge in [-0.15, -0.1) is 0 Å². The largest absolute Gasteiger partial charge is 0.444 e. The predicted molar refractivity (Wildman–Crippen MR) is 155 cm³/mol. The molecule has 0 aliphatic carbocycles. The minimum Gasteiger partial charge on any atom is -0.444 e. The standard InChI is InChI=1S/C30H43N5O7/c1-20-10-12-33(13-11-20)14-15-34(29(40)42-30(2,3)4)16-17-41-19-26(37)31-23-7-5-6-21-22(23)18-35(28(21)39)24-8-9-25(36)32-27(24)38/h5-7,20,24H,8-19H2,1-4H3,(H,31,37)(H,32,36,38). The van der Waals surface area contributed by atoms with Gasteiger partial charge in [0, 0.05) is 49.4 Å². The number of likely N-dealkylation sites (tertiary alicyclic amines) is 1. The maximum atomic E-state index is 13.0. The van der Waals surface area contributed by atoms with Crippen molar-refractivity contribution in [1.82, 2.24) is 20.0 Å². The number of fused-ring (bicyclic) bond motifs is 1. The predicted octanol–water partition coefficient (Wildman–Crippen LogP) is 2.37. The zero-order valence-electron chi connectivity index (χ0n) is 25.1. The van der Waals surface area contributed by atoms with Gasteiger partial charge in [-0.3, -0.25) is 24.5 Å². The number of carbonyl (C=O) groups excluding carboxylic acids is 5. The summed E-state index contributed by atoms with van der Waals surface area (Å²) in [7, 11) is 0. The van der Waals surface area contributed by atoms with Crippen LogP contribution in [0.5, 0.6) is 0 Å². The fourth-order valence-corrected chi connectivity index (χ4v) is 5.40. The van der Waals surface area contributed by atoms with Crippen molar-refractivity contribution < 1.29 is 33.4 Å². The Bertz CT molecular complexity index is 1190. The highest BCUT2D eigenvalue weighted by Crippen LogP contribution is 2.32. The van der Waals surface area contributed by atoms with Crippen molar-refractivity contribution in [3.8, 4) is 0 Å². The van der Waals surface area contributed by atoms with Crippen LogP contribution in [0.25, 0.3) is 0 Å². The van der Waals surface area contributed by atoms with Crippen LogP contribution in [0.3, 0.4) is 0 Å². The molecule has 0 aromatic heterocycles. The first-order valence-corrected chi connectivity index (χ1v) is 14.8. The van der Waals surface area contributed by atoms with Gasteiger partial charge in [-0.05, 0) is 71.2 Å². The van der Waals surface area contributed by atoms with Gasteiger partial charge in [0.25, 0.3) is 5.91 Å². The van der Waals surface area contributed by atoms with Gasteiger partial charge in [-0.1, -0.05) is 13.0 Å². The molecule has 4 rings (SSSR count). The van der Waals surface area contributed by atoms with Crippen molar-refractivity contribution >= 4 is 35.4 Å². The second-order valence-corrected chi connectivity index (χ2v) is 12.3. The normalized spacial score (nSPS) is 19.9. The fraction of sp³-hybridized carbons (Fsp3) is 0.633. The van der Waals surface area contributed by atoms with Crippen LogP contribution in [-0.2, 0) is 30.4 Å². The Morgan fingerprint density at radius 2 is 1.83 bits per heavy atom. The van der Waals surface area contributed by atoms with Crippen LogP contribution in [0.1, 0.15) is 69.3 Å². The number of carbonyl (C=O) groups is 5. The number of ether oxygens (including phenoxy) is 2. The summed E-state index contributed by atoms with van der Waals surface area (Å²) in [6.07, 6.45) is 2.32. The number of nitrogens with zero attached hydrogens (tertiary/aromatic N) is 3. The summed E-state index contributed by atoms with van der Waals surface area (Å²) in [5, 5.41) is 5.10. The maximum absolute atomic E-state index is 13.0. The third-order valence-corrected chi connectivity index (χ3v) is 7.81. The number of nitrogens with one attached hydrogen (secondary N) is 2. The van der Waals surface area contributed by atoms with E-state index in [0.29, 0.717) is 23.4 Å². The number of piperidine rings is 2. The van der Waals surface area contributed by atoms with Gasteiger partial charge >= 0.3 is 6.09 Å². The number of rotatable bonds is 10. The fourth-order valence-electron chi connectivity index (χ4n) is 5.40. The number of benzene rings is 1. The molecule has 0 radical (unpaired) electrons. The van der Waals surface area contributed by atoms with E-state index in [-0.39, 0.29) is 51.0 Å². The van der Waals surface area contributed by atoms with E-state index in [2.05, 4.69) is 22.5 Å². The number of hydrogen-bond acceptors (Lipinski definition) is 8. The molecule has 0 spiro atoms. The van der Waals surface area contributed by atoms with Gasteiger partial charge in [-0.25, -0.2) is 4.79 Å². The molecule has 3 aliphatic heterocycles. The second kappa shape index (κ2) is 13.6. The van der Waals surface area contributed by atoms with Gasteiger partial charge in [-0.2, -0.15) is 0 Å². The molecular weight excluding hydrogens is 542 g/mol. The molecule has 2 saturated heterocycles. The molecule has 1 unspecified atom stereocenters. The van der Waals surface area contributed by atoms with E-state index in [4.69, 9.17) is 9.47 Å². The van der Waals surface area contributed by atoms with E-state index < -0.39 is 29.6 Å². The maximum Gasteiger partial charge on any atom is 0.410 e. The van der Waals surface area contributed by atoms with Crippen molar-refractivity contribution in [2.24, 2.45) is 5.92 Å². The topological polar surface area (TPSA) is 138 Å². The summed E-state index contributed by atoms with van der Waals surface area (Å²) in [6.45, 7) is 11.4. The SMILES string of the molecule is CC1CCN(CCN(CCOCC(=O)Nc2cccc3c2CN(C2CCC(=O)NC2=O)C3=O)C(=O)OC(C)(C)C)CC1. The smallest absolute Gasteiger partial charge is 0.410 e. The molecule has 5 amide bonds. The van der Waals surface area contributed by atoms with Crippen LogP contribution in [0, 0.1) is 5.92 Å². The minimum absolute atomic E-state index is 0.151. The molecule has 12 heteroatoms. The molecule has 3 aliphatic rings. The Labute approximate surface area is 247 Å². The van der Waals surface area contributed by atoms with E-state index in [1.807, 2.05) is 20.8 Å². The molecule has 1 atom stereocenters. The second-order valence-electron chi connectivity index (χ2n) is 12.3. The first-order chi connectivity index (χ1) is 19.9. The van der Waals surface area contributed by atoms with E-state index >= 15 is 0 Å². The van der Waals surface area contributed by atoms with Gasteiger partial charge in [0.15, 0.2) is 0 Å². The molecule has 12 nitrogen and oxygen atoms in total. The van der Waals surface area contributed by atoms with Crippen molar-refractivity contribution in [3.63, 3.8) is 0 Å². The molecule has 42 heavy (non-hydrogen) atoms. The van der Waals surface area contributed by atoms with Gasteiger partial charge in [0.05, 0.1) is 6.61 Å². The Hall–Kier alpha value is -3.51. The molecular formula is C30H43N5O7. The molecule has 0 bridgehead atoms. The summed E-state index contributed by atoms with van der Waals surface area (Å²) in [4.78, 5) is 67.9. The van der Waals surface area contributed by atoms with Crippen molar-refractivity contribution in [3.05, 3.63) is 29.3 Å². The molecule has 2 fully saturated rings. The van der Waals surface area contributed by atoms with E-state index in [0.717, 1.165) is 38.4 Å². The van der Waals surface area contributed by atoms with Crippen LogP contribution in [-0.4, -0.2) is 102 Å². The molecule has 1 aromatic carbocycles. The molecule has 230 valence electrons. The average Bonchev–Trinajstić information content (AvgIpc) is 3.25. The van der Waals surface area contributed by atoms with E-state index in [9.17, 15) is 24.0 Å². The highest BCUT2D eigenvalue weighted by Gasteiger charge is 2.40. The number of hydrogen-bond donors (Lipinski definition) is 2. The molecule has 2 N–H and O–H groups in total. The summed E-state index contributed by atoms with van der Waals surface area (Å²) in [5.74, 6) is -0.823. The third kappa shape index (κ3) is 8.28. The van der Waals surface area contributed by atoms with Gasteiger partial charge < -0.3 is 29.5 Å². The summed E-state index contributed by atoms with van der Waals surface area (Å²) in [6, 6.07) is 4.29. The Morgan fingerprint density at radius 3 is 2.52 bits per heavy atom. The third-order valence-electron chi connectivity index (χ3n) is 7.81. The van der Waals surface area contributed by atoms with Gasteiger partial charge in [0.2, 0.25) is 17.7 Å². The van der Waals surface area contributed by atoms with Crippen LogP contribution >= 0.6 is 0 Å². The molecule has 1 aromatic rings. The van der Waals surface area contributed by atoms with Crippen LogP contribution in [0.2, 0.25) is 0 Å². The molecule has 3 heterocycles. The summed E-state index contributed by atoms with van der Waals surface area (Å²) in [5.41, 5.74) is 0.871. The highest BCUT2D eigenvalue weighted by atomic mass is 16.6. The first kappa shape index (κ1) is 31.4. The zero-order chi connectivity index (χ0) is 30.4. The van der Waals surface area contributed by atoms with Crippen molar-refractivity contribution in [2.45, 2.75) is 71.6 Å². The summed E-state index contributed by atoms with van der Waals surface area (Å²) >= 11 is 0. The Balaban J connectivity index is 1.28. The van der Waals surface area contributed by atoms with Crippen LogP contribution < -0.4 is 10.6 Å². The lowest BCUT2D eigenvalue weighted by atomic mass is 9.99. The van der Waals surface area contributed by atoms with Crippen molar-refractivity contribution in [2.75, 3.05) is 51.3 Å². The Morgan fingerprint density at radius 1 is 1.10 bits per heavy atom. The molecule has 0 saturated carbocycles. The number of amides is 5. The monoisotopic (exact) mass is 585 g/mol. The first-order valence-electron chi connectivity index (χ1n) is 14.8. The van der Waals surface area contributed by atoms with Crippen LogP contribution in [0.4, 0.5) is 10.5 Å².